The van der Waals surface area contributed by atoms with Crippen molar-refractivity contribution >= 4 is 0 Å². The first kappa shape index (κ1) is 12.4. The van der Waals surface area contributed by atoms with Crippen LogP contribution in [0.5, 0.6) is 0 Å². The monoisotopic (exact) mass is 224 g/mol. The van der Waals surface area contributed by atoms with Crippen molar-refractivity contribution in [3.05, 3.63) is 0 Å². The summed E-state index contributed by atoms with van der Waals surface area (Å²) in [4.78, 5) is 0. The molecule has 2 heteroatoms. The molecule has 0 aromatic heterocycles. The summed E-state index contributed by atoms with van der Waals surface area (Å²) in [5, 5.41) is 7.36. The van der Waals surface area contributed by atoms with Gasteiger partial charge in [0.25, 0.3) is 0 Å². The van der Waals surface area contributed by atoms with Gasteiger partial charge >= 0.3 is 0 Å². The molecule has 0 atom stereocenters. The molecular formula is C14H28N2. The van der Waals surface area contributed by atoms with Crippen molar-refractivity contribution in [1.29, 1.82) is 0 Å². The quantitative estimate of drug-likeness (QED) is 0.750. The fourth-order valence-electron chi connectivity index (χ4n) is 3.34. The summed E-state index contributed by atoms with van der Waals surface area (Å²) in [5.41, 5.74) is 0.926. The van der Waals surface area contributed by atoms with E-state index < -0.39 is 0 Å². The average molecular weight is 224 g/mol. The third kappa shape index (κ3) is 2.78. The Balaban J connectivity index is 1.73. The lowest BCUT2D eigenvalue weighted by Gasteiger charge is -2.42. The van der Waals surface area contributed by atoms with Gasteiger partial charge in [-0.3, -0.25) is 0 Å². The van der Waals surface area contributed by atoms with Crippen LogP contribution in [0.25, 0.3) is 0 Å². The average Bonchev–Trinajstić information content (AvgIpc) is 2.28. The molecular weight excluding hydrogens is 196 g/mol. The molecule has 94 valence electrons. The highest BCUT2D eigenvalue weighted by Crippen LogP contribution is 2.33. The molecule has 0 radical (unpaired) electrons. The molecule has 2 aliphatic rings. The molecule has 0 aliphatic heterocycles. The predicted octanol–water partition coefficient (Wildman–Crippen LogP) is 2.83. The van der Waals surface area contributed by atoms with Gasteiger partial charge in [0.1, 0.15) is 0 Å². The van der Waals surface area contributed by atoms with Crippen LogP contribution < -0.4 is 10.6 Å². The van der Waals surface area contributed by atoms with Gasteiger partial charge in [-0.1, -0.05) is 19.3 Å². The highest BCUT2D eigenvalue weighted by molar-refractivity contribution is 4.94. The first-order chi connectivity index (χ1) is 7.68. The van der Waals surface area contributed by atoms with Crippen molar-refractivity contribution in [3.63, 3.8) is 0 Å². The number of nitrogens with one attached hydrogen (secondary N) is 2. The maximum atomic E-state index is 3.76. The van der Waals surface area contributed by atoms with Crippen molar-refractivity contribution in [2.24, 2.45) is 0 Å². The second kappa shape index (κ2) is 5.05. The normalized spacial score (nSPS) is 27.4. The van der Waals surface area contributed by atoms with E-state index in [0.29, 0.717) is 11.1 Å². The second-order valence-corrected chi connectivity index (χ2v) is 6.18. The Hall–Kier alpha value is -0.0800. The maximum Gasteiger partial charge on any atom is 0.0190 e. The summed E-state index contributed by atoms with van der Waals surface area (Å²) in [5.74, 6) is 0. The van der Waals surface area contributed by atoms with Crippen LogP contribution in [0.1, 0.15) is 64.7 Å². The molecule has 0 unspecified atom stereocenters. The van der Waals surface area contributed by atoms with Crippen LogP contribution >= 0.6 is 0 Å². The SMILES string of the molecule is CNC1(CCNC2(C)CCC2)CCCCC1. The zero-order valence-electron chi connectivity index (χ0n) is 11.1. The van der Waals surface area contributed by atoms with Crippen molar-refractivity contribution in [2.45, 2.75) is 75.8 Å². The van der Waals surface area contributed by atoms with Crippen molar-refractivity contribution < 1.29 is 0 Å². The molecule has 2 rings (SSSR count). The van der Waals surface area contributed by atoms with Gasteiger partial charge in [0.2, 0.25) is 0 Å². The molecule has 0 heterocycles. The van der Waals surface area contributed by atoms with Gasteiger partial charge in [0, 0.05) is 11.1 Å². The number of rotatable bonds is 5. The topological polar surface area (TPSA) is 24.1 Å². The molecule has 0 saturated heterocycles. The lowest BCUT2D eigenvalue weighted by Crippen LogP contribution is -2.52. The zero-order chi connectivity index (χ0) is 11.5. The Labute approximate surface area is 101 Å². The zero-order valence-corrected chi connectivity index (χ0v) is 11.1. The third-order valence-corrected chi connectivity index (χ3v) is 4.95. The van der Waals surface area contributed by atoms with E-state index >= 15 is 0 Å². The Morgan fingerprint density at radius 3 is 2.12 bits per heavy atom. The van der Waals surface area contributed by atoms with Gasteiger partial charge in [-0.15, -0.1) is 0 Å². The molecule has 0 spiro atoms. The first-order valence-corrected chi connectivity index (χ1v) is 7.12. The molecule has 2 fully saturated rings. The largest absolute Gasteiger partial charge is 0.314 e. The van der Waals surface area contributed by atoms with E-state index in [4.69, 9.17) is 0 Å². The van der Waals surface area contributed by atoms with Crippen molar-refractivity contribution in [3.8, 4) is 0 Å². The van der Waals surface area contributed by atoms with Crippen LogP contribution in [-0.4, -0.2) is 24.7 Å². The number of hydrogen-bond acceptors (Lipinski definition) is 2. The van der Waals surface area contributed by atoms with Gasteiger partial charge in [-0.25, -0.2) is 0 Å². The Kier molecular flexibility index (Phi) is 3.91. The highest BCUT2D eigenvalue weighted by Gasteiger charge is 2.33. The summed E-state index contributed by atoms with van der Waals surface area (Å²) >= 11 is 0. The molecule has 2 N–H and O–H groups in total. The fourth-order valence-corrected chi connectivity index (χ4v) is 3.34. The van der Waals surface area contributed by atoms with Crippen LogP contribution in [0, 0.1) is 0 Å². The fraction of sp³-hybridized carbons (Fsp3) is 1.00. The minimum absolute atomic E-state index is 0.450. The second-order valence-electron chi connectivity index (χ2n) is 6.18. The van der Waals surface area contributed by atoms with Crippen molar-refractivity contribution in [2.75, 3.05) is 13.6 Å². The smallest absolute Gasteiger partial charge is 0.0190 e. The van der Waals surface area contributed by atoms with Gasteiger partial charge in [0.15, 0.2) is 0 Å². The Morgan fingerprint density at radius 1 is 0.938 bits per heavy atom. The van der Waals surface area contributed by atoms with Gasteiger partial charge in [0.05, 0.1) is 0 Å². The summed E-state index contributed by atoms with van der Waals surface area (Å²) < 4.78 is 0. The summed E-state index contributed by atoms with van der Waals surface area (Å²) in [6.07, 6.45) is 12.5. The van der Waals surface area contributed by atoms with E-state index in [9.17, 15) is 0 Å². The molecule has 0 aromatic rings. The summed E-state index contributed by atoms with van der Waals surface area (Å²) in [7, 11) is 2.15. The molecule has 0 bridgehead atoms. The lowest BCUT2D eigenvalue weighted by atomic mass is 9.77. The van der Waals surface area contributed by atoms with E-state index in [1.165, 1.54) is 64.3 Å². The van der Waals surface area contributed by atoms with Crippen molar-refractivity contribution in [1.82, 2.24) is 10.6 Å². The molecule has 2 aliphatic carbocycles. The van der Waals surface area contributed by atoms with Crippen LogP contribution in [0.4, 0.5) is 0 Å². The lowest BCUT2D eigenvalue weighted by molar-refractivity contribution is 0.180. The molecule has 2 saturated carbocycles. The molecule has 0 aromatic carbocycles. The number of hydrogen-bond donors (Lipinski definition) is 2. The van der Waals surface area contributed by atoms with E-state index in [2.05, 4.69) is 24.6 Å². The summed E-state index contributed by atoms with van der Waals surface area (Å²) in [6.45, 7) is 3.57. The van der Waals surface area contributed by atoms with E-state index in [0.717, 1.165) is 0 Å². The Morgan fingerprint density at radius 2 is 1.62 bits per heavy atom. The van der Waals surface area contributed by atoms with Crippen LogP contribution in [-0.2, 0) is 0 Å². The van der Waals surface area contributed by atoms with Gasteiger partial charge in [-0.2, -0.15) is 0 Å². The van der Waals surface area contributed by atoms with Crippen LogP contribution in [0.3, 0.4) is 0 Å². The minimum atomic E-state index is 0.450. The summed E-state index contributed by atoms with van der Waals surface area (Å²) in [6, 6.07) is 0. The van der Waals surface area contributed by atoms with E-state index in [-0.39, 0.29) is 0 Å². The van der Waals surface area contributed by atoms with Gasteiger partial charge in [-0.05, 0) is 59.0 Å². The Bertz CT molecular complexity index is 215. The van der Waals surface area contributed by atoms with Gasteiger partial charge < -0.3 is 10.6 Å². The minimum Gasteiger partial charge on any atom is -0.314 e. The predicted molar refractivity (Wildman–Crippen MR) is 69.8 cm³/mol. The first-order valence-electron chi connectivity index (χ1n) is 7.12. The highest BCUT2D eigenvalue weighted by atomic mass is 15.0. The van der Waals surface area contributed by atoms with E-state index in [1.54, 1.807) is 0 Å². The standard InChI is InChI=1S/C14H28N2/c1-13(7-6-8-13)16-12-11-14(15-2)9-4-3-5-10-14/h15-16H,3-12H2,1-2H3. The third-order valence-electron chi connectivity index (χ3n) is 4.95. The molecule has 0 amide bonds. The molecule has 2 nitrogen and oxygen atoms in total. The van der Waals surface area contributed by atoms with Crippen LogP contribution in [0.15, 0.2) is 0 Å². The van der Waals surface area contributed by atoms with Crippen LogP contribution in [0.2, 0.25) is 0 Å². The van der Waals surface area contributed by atoms with E-state index in [1.807, 2.05) is 0 Å². The maximum absolute atomic E-state index is 3.76. The molecule has 16 heavy (non-hydrogen) atoms.